The van der Waals surface area contributed by atoms with Gasteiger partial charge in [0.2, 0.25) is 5.91 Å². The first kappa shape index (κ1) is 15.8. The van der Waals surface area contributed by atoms with Gasteiger partial charge in [-0.15, -0.1) is 0 Å². The van der Waals surface area contributed by atoms with Crippen LogP contribution in [0, 0.1) is 0 Å². The Bertz CT molecular complexity index is 683. The minimum atomic E-state index is -0.373. The number of fused-ring (bicyclic) bond motifs is 1. The molecule has 0 spiro atoms. The van der Waals surface area contributed by atoms with Crippen molar-refractivity contribution in [1.29, 1.82) is 0 Å². The average molecular weight is 309 g/mol. The maximum Gasteiger partial charge on any atom is 0.216 e. The minimum Gasteiger partial charge on any atom is -0.393 e. The fraction of sp³-hybridized carbons (Fsp3) is 0.350. The summed E-state index contributed by atoms with van der Waals surface area (Å²) in [5, 5.41) is 13.4. The Kier molecular flexibility index (Phi) is 4.49. The lowest BCUT2D eigenvalue weighted by Gasteiger charge is -2.41. The van der Waals surface area contributed by atoms with Crippen molar-refractivity contribution in [1.82, 2.24) is 5.32 Å². The van der Waals surface area contributed by atoms with Crippen molar-refractivity contribution >= 4 is 5.91 Å². The van der Waals surface area contributed by atoms with Crippen LogP contribution < -0.4 is 5.32 Å². The van der Waals surface area contributed by atoms with Crippen LogP contribution >= 0.6 is 0 Å². The van der Waals surface area contributed by atoms with Crippen molar-refractivity contribution in [2.24, 2.45) is 0 Å². The molecule has 3 rings (SSSR count). The maximum absolute atomic E-state index is 11.5. The zero-order valence-electron chi connectivity index (χ0n) is 13.5. The molecule has 0 heterocycles. The average Bonchev–Trinajstić information content (AvgIpc) is 2.54. The van der Waals surface area contributed by atoms with E-state index in [-0.39, 0.29) is 17.4 Å². The lowest BCUT2D eigenvalue weighted by molar-refractivity contribution is -0.119. The number of carbonyl (C=O) groups is 1. The molecule has 0 saturated heterocycles. The molecule has 0 aromatic heterocycles. The van der Waals surface area contributed by atoms with E-state index in [0.29, 0.717) is 19.4 Å². The van der Waals surface area contributed by atoms with E-state index in [0.717, 1.165) is 6.42 Å². The van der Waals surface area contributed by atoms with Gasteiger partial charge in [0.15, 0.2) is 0 Å². The zero-order chi connectivity index (χ0) is 16.3. The molecule has 1 aliphatic rings. The minimum absolute atomic E-state index is 0.0324. The molecule has 0 saturated carbocycles. The normalized spacial score (nSPS) is 23.1. The zero-order valence-corrected chi connectivity index (χ0v) is 13.5. The molecule has 2 atom stereocenters. The van der Waals surface area contributed by atoms with Crippen LogP contribution in [0.1, 0.15) is 30.0 Å². The third kappa shape index (κ3) is 3.45. The van der Waals surface area contributed by atoms with Gasteiger partial charge in [0.05, 0.1) is 6.10 Å². The van der Waals surface area contributed by atoms with E-state index in [4.69, 9.17) is 0 Å². The predicted octanol–water partition coefficient (Wildman–Crippen LogP) is 2.61. The van der Waals surface area contributed by atoms with Gasteiger partial charge in [0, 0.05) is 18.9 Å². The summed E-state index contributed by atoms with van der Waals surface area (Å²) in [7, 11) is 0. The fourth-order valence-corrected chi connectivity index (χ4v) is 3.78. The number of amides is 1. The second-order valence-electron chi connectivity index (χ2n) is 6.57. The summed E-state index contributed by atoms with van der Waals surface area (Å²) in [6.45, 7) is 2.09. The Labute approximate surface area is 137 Å². The molecule has 3 heteroatoms. The van der Waals surface area contributed by atoms with E-state index in [1.165, 1.54) is 16.7 Å². The Balaban J connectivity index is 2.03. The highest BCUT2D eigenvalue weighted by molar-refractivity contribution is 5.73. The van der Waals surface area contributed by atoms with E-state index in [9.17, 15) is 9.90 Å². The van der Waals surface area contributed by atoms with Crippen molar-refractivity contribution < 1.29 is 9.90 Å². The smallest absolute Gasteiger partial charge is 0.216 e. The molecule has 3 nitrogen and oxygen atoms in total. The lowest BCUT2D eigenvalue weighted by atomic mass is 9.66. The summed E-state index contributed by atoms with van der Waals surface area (Å²) in [5.74, 6) is -0.0324. The lowest BCUT2D eigenvalue weighted by Crippen LogP contribution is -2.47. The molecule has 2 unspecified atom stereocenters. The quantitative estimate of drug-likeness (QED) is 0.912. The molecule has 0 bridgehead atoms. The number of hydrogen-bond donors (Lipinski definition) is 2. The van der Waals surface area contributed by atoms with Gasteiger partial charge in [0.1, 0.15) is 0 Å². The number of hydrogen-bond acceptors (Lipinski definition) is 2. The van der Waals surface area contributed by atoms with Gasteiger partial charge >= 0.3 is 0 Å². The first-order valence-corrected chi connectivity index (χ1v) is 8.14. The number of aliphatic hydroxyl groups excluding tert-OH is 1. The van der Waals surface area contributed by atoms with Gasteiger partial charge in [-0.05, 0) is 36.0 Å². The molecule has 2 aromatic carbocycles. The fourth-order valence-electron chi connectivity index (χ4n) is 3.78. The Hall–Kier alpha value is -2.13. The molecular formula is C20H23NO2. The van der Waals surface area contributed by atoms with Gasteiger partial charge in [-0.2, -0.15) is 0 Å². The summed E-state index contributed by atoms with van der Waals surface area (Å²) in [6.07, 6.45) is 1.79. The van der Waals surface area contributed by atoms with E-state index in [2.05, 4.69) is 29.6 Å². The number of nitrogens with one attached hydrogen (secondary N) is 1. The van der Waals surface area contributed by atoms with Crippen LogP contribution in [0.15, 0.2) is 54.6 Å². The molecule has 23 heavy (non-hydrogen) atoms. The third-order valence-electron chi connectivity index (χ3n) is 4.73. The molecule has 0 aliphatic heterocycles. The standard InChI is InChI=1S/C20H23NO2/c1-15(22)21-14-20(12-16-7-3-2-4-8-16)13-18(23)11-17-9-5-6-10-19(17)20/h2-10,18,23H,11-14H2,1H3,(H,21,22). The molecule has 0 fully saturated rings. The Morgan fingerprint density at radius 1 is 1.17 bits per heavy atom. The first-order valence-electron chi connectivity index (χ1n) is 8.14. The van der Waals surface area contributed by atoms with E-state index in [1.54, 1.807) is 6.92 Å². The SMILES string of the molecule is CC(=O)NCC1(Cc2ccccc2)CC(O)Cc2ccccc21. The number of benzene rings is 2. The van der Waals surface area contributed by atoms with Crippen LogP contribution in [0.2, 0.25) is 0 Å². The van der Waals surface area contributed by atoms with E-state index < -0.39 is 0 Å². The van der Waals surface area contributed by atoms with Gasteiger partial charge < -0.3 is 10.4 Å². The highest BCUT2D eigenvalue weighted by atomic mass is 16.3. The van der Waals surface area contributed by atoms with Crippen LogP contribution in [0.3, 0.4) is 0 Å². The van der Waals surface area contributed by atoms with Crippen molar-refractivity contribution in [3.05, 3.63) is 71.3 Å². The second kappa shape index (κ2) is 6.55. The van der Waals surface area contributed by atoms with E-state index >= 15 is 0 Å². The third-order valence-corrected chi connectivity index (χ3v) is 4.73. The molecule has 0 radical (unpaired) electrons. The van der Waals surface area contributed by atoms with Crippen LogP contribution in [-0.2, 0) is 23.1 Å². The van der Waals surface area contributed by atoms with Crippen molar-refractivity contribution in [2.45, 2.75) is 37.7 Å². The Morgan fingerprint density at radius 3 is 2.61 bits per heavy atom. The summed E-state index contributed by atoms with van der Waals surface area (Å²) < 4.78 is 0. The molecule has 1 amide bonds. The molecule has 2 aromatic rings. The van der Waals surface area contributed by atoms with Gasteiger partial charge in [-0.25, -0.2) is 0 Å². The van der Waals surface area contributed by atoms with Crippen LogP contribution in [0.5, 0.6) is 0 Å². The highest BCUT2D eigenvalue weighted by Crippen LogP contribution is 2.39. The molecule has 1 aliphatic carbocycles. The monoisotopic (exact) mass is 309 g/mol. The predicted molar refractivity (Wildman–Crippen MR) is 91.3 cm³/mol. The van der Waals surface area contributed by atoms with Crippen LogP contribution in [0.25, 0.3) is 0 Å². The van der Waals surface area contributed by atoms with Crippen molar-refractivity contribution in [3.8, 4) is 0 Å². The second-order valence-corrected chi connectivity index (χ2v) is 6.57. The molecule has 2 N–H and O–H groups in total. The molecular weight excluding hydrogens is 286 g/mol. The van der Waals surface area contributed by atoms with Gasteiger partial charge in [0.25, 0.3) is 0 Å². The Morgan fingerprint density at radius 2 is 1.87 bits per heavy atom. The van der Waals surface area contributed by atoms with E-state index in [1.807, 2.05) is 30.3 Å². The van der Waals surface area contributed by atoms with Crippen LogP contribution in [0.4, 0.5) is 0 Å². The van der Waals surface area contributed by atoms with Crippen LogP contribution in [-0.4, -0.2) is 23.7 Å². The number of carbonyl (C=O) groups excluding carboxylic acids is 1. The van der Waals surface area contributed by atoms with Crippen molar-refractivity contribution in [2.75, 3.05) is 6.54 Å². The largest absolute Gasteiger partial charge is 0.393 e. The summed E-state index contributed by atoms with van der Waals surface area (Å²) >= 11 is 0. The number of aliphatic hydroxyl groups is 1. The highest BCUT2D eigenvalue weighted by Gasteiger charge is 2.40. The summed E-state index contributed by atoms with van der Waals surface area (Å²) in [4.78, 5) is 11.5. The summed E-state index contributed by atoms with van der Waals surface area (Å²) in [6, 6.07) is 18.6. The van der Waals surface area contributed by atoms with Gasteiger partial charge in [-0.1, -0.05) is 54.6 Å². The first-order chi connectivity index (χ1) is 11.1. The maximum atomic E-state index is 11.5. The van der Waals surface area contributed by atoms with Gasteiger partial charge in [-0.3, -0.25) is 4.79 Å². The topological polar surface area (TPSA) is 49.3 Å². The summed E-state index contributed by atoms with van der Waals surface area (Å²) in [5.41, 5.74) is 3.40. The number of rotatable bonds is 4. The van der Waals surface area contributed by atoms with Crippen molar-refractivity contribution in [3.63, 3.8) is 0 Å². The molecule has 120 valence electrons.